The largest absolute Gasteiger partial charge is 0.507 e. The van der Waals surface area contributed by atoms with Gasteiger partial charge in [-0.1, -0.05) is 177 Å². The molecular weight excluding hydrogens is 1970 g/mol. The van der Waals surface area contributed by atoms with Crippen LogP contribution in [0.2, 0.25) is 10.0 Å². The number of nitrogens with one attached hydrogen (secondary N) is 3. The number of aliphatic hydroxyl groups is 2. The number of ketones is 4. The maximum absolute atomic E-state index is 13.6. The molecule has 4 amide bonds. The normalized spacial score (nSPS) is 30.8. The molecule has 12 rings (SSSR count). The zero-order valence-corrected chi connectivity index (χ0v) is 89.8. The minimum Gasteiger partial charge on any atom is -0.507 e. The number of carbonyl (C=O) groups excluding carboxylic acids is 10. The van der Waals surface area contributed by atoms with Crippen LogP contribution in [0.3, 0.4) is 0 Å². The van der Waals surface area contributed by atoms with Gasteiger partial charge in [0.05, 0.1) is 106 Å². The number of carbonyl (C=O) groups is 10. The van der Waals surface area contributed by atoms with Gasteiger partial charge < -0.3 is 116 Å². The molecule has 10 aliphatic rings. The molecule has 37 heteroatoms. The number of esters is 2. The van der Waals surface area contributed by atoms with Crippen molar-refractivity contribution in [2.45, 2.75) is 233 Å². The molecule has 3 saturated heterocycles. The Bertz CT molecular complexity index is 5890. The van der Waals surface area contributed by atoms with E-state index in [1.807, 2.05) is 104 Å². The molecule has 0 unspecified atom stereocenters. The highest BCUT2D eigenvalue weighted by atomic mass is 35.5. The molecule has 2 aromatic rings. The van der Waals surface area contributed by atoms with Gasteiger partial charge in [0.15, 0.2) is 0 Å². The number of hydrogen-bond acceptors (Lipinski definition) is 31. The molecule has 18 atom stereocenters. The Morgan fingerprint density at radius 3 is 1.45 bits per heavy atom. The van der Waals surface area contributed by atoms with Crippen molar-refractivity contribution in [3.8, 4) is 23.0 Å². The zero-order valence-electron chi connectivity index (χ0n) is 88.3. The first kappa shape index (κ1) is 121. The Morgan fingerprint density at radius 2 is 1.02 bits per heavy atom. The number of nitrogens with two attached hydrogens (primary N) is 3. The molecule has 7 aliphatic heterocycles. The Morgan fingerprint density at radius 1 is 0.580 bits per heavy atom. The number of amides is 4. The van der Waals surface area contributed by atoms with Crippen LogP contribution in [0, 0.1) is 47.3 Å². The fraction of sp³-hybridized carbons (Fsp3) is 0.487. The van der Waals surface area contributed by atoms with Crippen molar-refractivity contribution in [3.63, 3.8) is 0 Å². The number of rotatable bonds is 19. The van der Waals surface area contributed by atoms with Crippen molar-refractivity contribution in [2.75, 3.05) is 74.4 Å². The number of oxime groups is 2. The predicted octanol–water partition coefficient (Wildman–Crippen LogP) is 13.8. The second-order valence-electron chi connectivity index (χ2n) is 39.9. The number of likely N-dealkylation sites (tertiary alicyclic amines) is 2. The number of hydrogen-bond donors (Lipinski definition) is 12. The van der Waals surface area contributed by atoms with Crippen LogP contribution in [0.25, 0.3) is 0 Å². The third-order valence-corrected chi connectivity index (χ3v) is 28.6. The Hall–Kier alpha value is -12.8. The van der Waals surface area contributed by atoms with Gasteiger partial charge >= 0.3 is 11.9 Å². The number of aromatic hydroxyl groups is 4. The van der Waals surface area contributed by atoms with Gasteiger partial charge in [-0.25, -0.2) is 9.59 Å². The quantitative estimate of drug-likeness (QED) is 0.0155. The fourth-order valence-electron chi connectivity index (χ4n) is 19.1. The van der Waals surface area contributed by atoms with Crippen LogP contribution in [0.15, 0.2) is 225 Å². The van der Waals surface area contributed by atoms with Gasteiger partial charge in [-0.2, -0.15) is 0 Å². The zero-order chi connectivity index (χ0) is 110. The first-order valence-electron chi connectivity index (χ1n) is 50.6. The number of cyclic esters (lactones) is 2. The van der Waals surface area contributed by atoms with E-state index in [2.05, 4.69) is 52.1 Å². The number of phenolic OH excluding ortho intramolecular Hbond substituents is 4. The van der Waals surface area contributed by atoms with Gasteiger partial charge in [-0.3, -0.25) is 38.4 Å². The number of phenols is 4. The summed E-state index contributed by atoms with van der Waals surface area (Å²) in [5.41, 5.74) is 22.3. The number of allylic oxidation sites excluding steroid dienone is 17. The molecule has 35 nitrogen and oxygen atoms in total. The summed E-state index contributed by atoms with van der Waals surface area (Å²) in [4.78, 5) is 142. The first-order valence-corrected chi connectivity index (χ1v) is 51.3. The average Bonchev–Trinajstić information content (AvgIpc) is 1.64. The van der Waals surface area contributed by atoms with E-state index < -0.39 is 107 Å². The standard InChI is InChI=1S/C33H47N3O6.C30H43N3O6.C25H29ClN2O7.C25H29ClN2O6/c1-9-13-35-30-25-14-19(2)15-29(42-8)31(38)22(5)16-21(4)24(17-23(6)34)28(41-7)12-10-11-20(3)33(40)36-26(32(25)39)18-27(30)37;1-16-11-22-27(32)24(34)15-23(29(22)36)33-30(37)17(2)9-8-10-25(38-6)21(14-20(5)31)18(3)13-19(4)28(35)26(12-16)39-7;1-15-12-20-25(2,35-20)8-4-3-6-16(27-33-11-10-28-9-5-7-21(28)31)13-17-22(24(32)34-15)18(29)14-19(30)23(17)26;1-15-11-17-12-16(17)5-2-3-6-18(27-33-10-9-28-8-4-7-22(28)31)13-19-23(25(32)34-15)20(29)14-21(30)24(19)26/h9-12,16,18-19,22,24,28-29,31,35,38H,1,6,13-15,17,34H2,2-5,7-8H3,(H,36,40);8-10,13,15-16,19,21,25-26,28,35H,5,11-12,14,31-32H2,1-4,6-7H3,(H,33,37);3-4,6,8,14-15,20,29-30H,5,7,9-13H2,1-2H3;2-3,5-6,14-17,29-30H,4,7-13H2,1H3/b12-10-,20-11+,21-16+;10-8-,17-9+,18-13+;6-3+,8-4-,27-16-;5-2-,6-3+,27-18-/t19-,22+,24+,28+,29+,31-;16-,19+,21+,25+,26+,28-;15-,20-,25-;15-,16-,17-/m1111/s1. The number of aliphatic hydroxyl groups excluding tert-OH is 2. The highest BCUT2D eigenvalue weighted by molar-refractivity contribution is 6.34. The summed E-state index contributed by atoms with van der Waals surface area (Å²) >= 11 is 12.7. The molecule has 4 bridgehead atoms. The lowest BCUT2D eigenvalue weighted by Gasteiger charge is -2.30. The molecular formula is C113H148Cl2N10O25. The third-order valence-electron chi connectivity index (χ3n) is 27.7. The molecule has 7 heterocycles. The van der Waals surface area contributed by atoms with E-state index in [-0.39, 0.29) is 176 Å². The molecule has 0 radical (unpaired) electrons. The van der Waals surface area contributed by atoms with Crippen LogP contribution in [-0.2, 0) is 94.0 Å². The second kappa shape index (κ2) is 56.9. The molecule has 15 N–H and O–H groups in total. The van der Waals surface area contributed by atoms with Crippen LogP contribution in [0.4, 0.5) is 0 Å². The fourth-order valence-corrected chi connectivity index (χ4v) is 19.5. The number of halogens is 2. The number of methoxy groups -OCH3 is 4. The summed E-state index contributed by atoms with van der Waals surface area (Å²) in [6.07, 6.45) is 35.6. The first-order chi connectivity index (χ1) is 71.1. The average molecular weight is 2120 g/mol. The van der Waals surface area contributed by atoms with E-state index in [4.69, 9.17) is 83.2 Å². The maximum Gasteiger partial charge on any atom is 0.342 e. The monoisotopic (exact) mass is 2110 g/mol. The lowest BCUT2D eigenvalue weighted by molar-refractivity contribution is -0.129. The Balaban J connectivity index is 0.000000222. The smallest absolute Gasteiger partial charge is 0.342 e. The van der Waals surface area contributed by atoms with Crippen molar-refractivity contribution in [3.05, 3.63) is 247 Å². The van der Waals surface area contributed by atoms with E-state index in [1.165, 1.54) is 7.11 Å². The molecule has 814 valence electrons. The SMILES string of the molecule is C=C(N)C[C@H]1/C(C)=C/[C@H](C)[C@@H](O)[C@@H](OC)C[C@H](C)CC2=C(N)C(=O)C=C(NC(=O)/C(C)=C/C=C\[C@@H]1OC)C2=O.C=CCNC1=C2C[C@@H](C)C[C@H](OC)[C@H](O)[C@@H](C)/C=C(\C)[C@H](CC(=C)N)[C@@H](OC)/C=C\C=C(/C)C(=O)NC(=CC1=O)C2=O.C[C@@H]1C[C@@H]2C[C@H]2\C=C/C=C/C(=N/OCCN2CCCC2=O)Cc2c(Cl)c(O)cc(O)c2C(=O)O1.C[C@@H]1C[C@H]2O[C@]2(C)\C=C/C=C/C(=N/OCCN2CCCC2=O)Cc2c(Cl)c(O)cc(O)c2C(=O)O1. The van der Waals surface area contributed by atoms with Crippen LogP contribution in [0.5, 0.6) is 23.0 Å². The van der Waals surface area contributed by atoms with Gasteiger partial charge in [-0.05, 0) is 160 Å². The van der Waals surface area contributed by atoms with E-state index in [1.54, 1.807) is 101 Å². The summed E-state index contributed by atoms with van der Waals surface area (Å²) in [6.45, 7) is 34.7. The lowest BCUT2D eigenvalue weighted by Crippen LogP contribution is -2.37. The van der Waals surface area contributed by atoms with Crippen molar-refractivity contribution in [2.24, 2.45) is 74.9 Å². The topological polar surface area (TPSA) is 524 Å². The van der Waals surface area contributed by atoms with Crippen LogP contribution in [0.1, 0.15) is 191 Å². The molecule has 0 aromatic heterocycles. The summed E-state index contributed by atoms with van der Waals surface area (Å²) in [5.74, 6) is -6.07. The summed E-state index contributed by atoms with van der Waals surface area (Å²) in [6, 6.07) is 2.04. The Kier molecular flexibility index (Phi) is 45.7. The van der Waals surface area contributed by atoms with Crippen molar-refractivity contribution >= 4 is 93.3 Å². The number of fused-ring (bicyclic) bond motifs is 8. The third kappa shape index (κ3) is 34.1. The van der Waals surface area contributed by atoms with E-state index in [0.29, 0.717) is 123 Å². The van der Waals surface area contributed by atoms with Crippen LogP contribution < -0.4 is 33.2 Å². The van der Waals surface area contributed by atoms with Gasteiger partial charge in [-0.15, -0.1) is 6.58 Å². The van der Waals surface area contributed by atoms with Crippen molar-refractivity contribution in [1.29, 1.82) is 0 Å². The minimum atomic E-state index is -0.844. The van der Waals surface area contributed by atoms with Crippen LogP contribution in [-0.4, -0.2) is 245 Å². The van der Waals surface area contributed by atoms with Gasteiger partial charge in [0, 0.05) is 162 Å². The molecule has 1 saturated carbocycles. The van der Waals surface area contributed by atoms with Crippen molar-refractivity contribution < 1.29 is 121 Å². The lowest BCUT2D eigenvalue weighted by atomic mass is 9.83. The highest BCUT2D eigenvalue weighted by Crippen LogP contribution is 2.46. The van der Waals surface area contributed by atoms with Gasteiger partial charge in [0.25, 0.3) is 11.8 Å². The molecule has 4 fully saturated rings. The van der Waals surface area contributed by atoms with Gasteiger partial charge in [0.1, 0.15) is 59.0 Å². The number of epoxide rings is 1. The predicted molar refractivity (Wildman–Crippen MR) is 571 cm³/mol. The highest BCUT2D eigenvalue weighted by Gasteiger charge is 2.51. The summed E-state index contributed by atoms with van der Waals surface area (Å²) in [7, 11) is 6.25. The number of benzene rings is 2. The van der Waals surface area contributed by atoms with E-state index in [0.717, 1.165) is 61.1 Å². The van der Waals surface area contributed by atoms with Crippen LogP contribution >= 0.6 is 23.2 Å². The van der Waals surface area contributed by atoms with E-state index in [9.17, 15) is 78.6 Å². The Labute approximate surface area is 887 Å². The summed E-state index contributed by atoms with van der Waals surface area (Å²) < 4.78 is 39.9. The molecule has 3 aliphatic carbocycles. The second-order valence-corrected chi connectivity index (χ2v) is 40.7. The molecule has 0 spiro atoms. The van der Waals surface area contributed by atoms with Crippen molar-refractivity contribution in [1.82, 2.24) is 25.8 Å². The summed E-state index contributed by atoms with van der Waals surface area (Å²) in [5, 5.41) is 80.2. The number of Topliss-reactive ketones (excluding diaryl/α,β-unsaturated/α-hetero) is 2. The number of ether oxygens (including phenoxy) is 7. The maximum atomic E-state index is 13.6. The molecule has 2 aromatic carbocycles. The molecule has 150 heavy (non-hydrogen) atoms. The minimum absolute atomic E-state index is 0.0125. The van der Waals surface area contributed by atoms with Gasteiger partial charge in [0.2, 0.25) is 34.9 Å². The van der Waals surface area contributed by atoms with E-state index >= 15 is 0 Å². The number of nitrogens with zero attached hydrogens (tertiary/aromatic N) is 4.